The zero-order valence-electron chi connectivity index (χ0n) is 23.5. The molecule has 2 aliphatic heterocycles. The van der Waals surface area contributed by atoms with E-state index in [4.69, 9.17) is 14.0 Å². The second kappa shape index (κ2) is 8.10. The molecule has 5 aromatic rings. The quantitative estimate of drug-likeness (QED) is 0.205. The first-order chi connectivity index (χ1) is 19.7. The second-order valence-corrected chi connectivity index (χ2v) is 12.3. The summed E-state index contributed by atoms with van der Waals surface area (Å²) in [6, 6.07) is 36.3. The molecule has 1 atom stereocenters. The van der Waals surface area contributed by atoms with E-state index < -0.39 is 23.7 Å². The average molecular weight is 533 g/mol. The van der Waals surface area contributed by atoms with Crippen LogP contribution in [0.25, 0.3) is 21.9 Å². The summed E-state index contributed by atoms with van der Waals surface area (Å²) in [6.07, 6.45) is 0. The van der Waals surface area contributed by atoms with Gasteiger partial charge in [-0.15, -0.1) is 0 Å². The molecule has 0 aromatic heterocycles. The van der Waals surface area contributed by atoms with Crippen LogP contribution in [0.15, 0.2) is 97.1 Å². The highest BCUT2D eigenvalue weighted by atomic mass is 16.7. The number of ether oxygens (including phenoxy) is 1. The van der Waals surface area contributed by atoms with Gasteiger partial charge >= 0.3 is 7.12 Å². The minimum Gasteiger partial charge on any atom is -0.457 e. The van der Waals surface area contributed by atoms with Crippen LogP contribution in [-0.2, 0) is 14.7 Å². The van der Waals surface area contributed by atoms with Crippen LogP contribution in [0.5, 0.6) is 11.5 Å². The van der Waals surface area contributed by atoms with E-state index in [1.165, 1.54) is 33.0 Å². The molecular weight excluding hydrogens is 505 g/mol. The van der Waals surface area contributed by atoms with Crippen LogP contribution in [0.3, 0.4) is 0 Å². The lowest BCUT2D eigenvalue weighted by Gasteiger charge is -2.39. The molecule has 1 spiro atoms. The Morgan fingerprint density at radius 2 is 1.24 bits per heavy atom. The van der Waals surface area contributed by atoms with E-state index in [1.807, 2.05) is 12.1 Å². The summed E-state index contributed by atoms with van der Waals surface area (Å²) in [6.45, 7) is 8.25. The van der Waals surface area contributed by atoms with Crippen LogP contribution in [-0.4, -0.2) is 18.3 Å². The predicted molar refractivity (Wildman–Crippen MR) is 162 cm³/mol. The lowest BCUT2D eigenvalue weighted by Crippen LogP contribution is -2.41. The number of nitriles is 1. The Morgan fingerprint density at radius 3 is 1.98 bits per heavy atom. The van der Waals surface area contributed by atoms with E-state index in [1.54, 1.807) is 0 Å². The fraction of sp³-hybridized carbons (Fsp3) is 0.194. The highest BCUT2D eigenvalue weighted by Crippen LogP contribution is 2.62. The largest absolute Gasteiger partial charge is 0.494 e. The molecule has 41 heavy (non-hydrogen) atoms. The van der Waals surface area contributed by atoms with Gasteiger partial charge in [-0.05, 0) is 96.5 Å². The Morgan fingerprint density at radius 1 is 0.610 bits per heavy atom. The second-order valence-electron chi connectivity index (χ2n) is 12.3. The van der Waals surface area contributed by atoms with Crippen LogP contribution in [0, 0.1) is 11.3 Å². The summed E-state index contributed by atoms with van der Waals surface area (Å²) < 4.78 is 19.5. The van der Waals surface area contributed by atoms with E-state index in [2.05, 4.69) is 119 Å². The van der Waals surface area contributed by atoms with Gasteiger partial charge in [-0.1, -0.05) is 66.7 Å². The van der Waals surface area contributed by atoms with Gasteiger partial charge in [0, 0.05) is 11.1 Å². The molecule has 4 nitrogen and oxygen atoms in total. The van der Waals surface area contributed by atoms with Crippen LogP contribution >= 0.6 is 0 Å². The molecule has 198 valence electrons. The number of hydrogen-bond donors (Lipinski definition) is 0. The summed E-state index contributed by atoms with van der Waals surface area (Å²) in [5, 5.41) is 12.2. The standard InChI is InChI=1S/C36H28BNO3/c1-34(2)35(3,4)41-37(40-34)25-14-16-30-33(20-25)39-32-17-22(21-38)13-15-29(32)36(30)28-12-8-7-11-26(28)27-18-23-9-5-6-10-24(23)19-31(27)36/h5-20H,1-4H3. The third-order valence-corrected chi connectivity index (χ3v) is 9.58. The lowest BCUT2D eigenvalue weighted by molar-refractivity contribution is 0.00578. The van der Waals surface area contributed by atoms with Crippen LogP contribution < -0.4 is 10.2 Å². The first-order valence-corrected chi connectivity index (χ1v) is 14.1. The molecule has 2 heterocycles. The van der Waals surface area contributed by atoms with E-state index in [0.717, 1.165) is 22.3 Å². The van der Waals surface area contributed by atoms with Crippen molar-refractivity contribution in [3.63, 3.8) is 0 Å². The molecular formula is C36H28BNO3. The Bertz CT molecular complexity index is 1950. The smallest absolute Gasteiger partial charge is 0.457 e. The molecule has 1 unspecified atom stereocenters. The van der Waals surface area contributed by atoms with Crippen molar-refractivity contribution >= 4 is 23.4 Å². The van der Waals surface area contributed by atoms with E-state index >= 15 is 0 Å². The summed E-state index contributed by atoms with van der Waals surface area (Å²) in [5.74, 6) is 1.44. The van der Waals surface area contributed by atoms with Crippen LogP contribution in [0.1, 0.15) is 55.5 Å². The van der Waals surface area contributed by atoms with Crippen molar-refractivity contribution in [2.45, 2.75) is 44.3 Å². The van der Waals surface area contributed by atoms with Crippen molar-refractivity contribution in [3.8, 4) is 28.7 Å². The molecule has 0 amide bonds. The molecule has 5 aromatic carbocycles. The maximum Gasteiger partial charge on any atom is 0.494 e. The van der Waals surface area contributed by atoms with Crippen molar-refractivity contribution in [3.05, 3.63) is 125 Å². The van der Waals surface area contributed by atoms with Crippen LogP contribution in [0.2, 0.25) is 0 Å². The third kappa shape index (κ3) is 3.18. The Kier molecular flexibility index (Phi) is 4.83. The number of benzene rings is 5. The van der Waals surface area contributed by atoms with Gasteiger partial charge in [0.05, 0.1) is 28.2 Å². The van der Waals surface area contributed by atoms with Gasteiger partial charge in [0.1, 0.15) is 11.5 Å². The molecule has 0 bridgehead atoms. The Balaban J connectivity index is 1.43. The zero-order chi connectivity index (χ0) is 28.1. The number of hydrogen-bond acceptors (Lipinski definition) is 4. The third-order valence-electron chi connectivity index (χ3n) is 9.58. The highest BCUT2D eigenvalue weighted by Gasteiger charge is 2.54. The van der Waals surface area contributed by atoms with E-state index in [9.17, 15) is 5.26 Å². The molecule has 1 fully saturated rings. The monoisotopic (exact) mass is 533 g/mol. The first-order valence-electron chi connectivity index (χ1n) is 14.1. The summed E-state index contributed by atoms with van der Waals surface area (Å²) >= 11 is 0. The van der Waals surface area contributed by atoms with E-state index in [0.29, 0.717) is 11.3 Å². The van der Waals surface area contributed by atoms with Crippen molar-refractivity contribution in [2.24, 2.45) is 0 Å². The average Bonchev–Trinajstić information content (AvgIpc) is 3.37. The molecule has 1 saturated heterocycles. The van der Waals surface area contributed by atoms with Gasteiger partial charge in [-0.25, -0.2) is 0 Å². The first kappa shape index (κ1) is 24.4. The molecule has 0 saturated carbocycles. The fourth-order valence-corrected chi connectivity index (χ4v) is 6.85. The van der Waals surface area contributed by atoms with Crippen molar-refractivity contribution in [1.82, 2.24) is 0 Å². The Hall–Kier alpha value is -4.37. The summed E-state index contributed by atoms with van der Waals surface area (Å²) in [5.41, 5.74) is 6.93. The van der Waals surface area contributed by atoms with Gasteiger partial charge < -0.3 is 14.0 Å². The van der Waals surface area contributed by atoms with E-state index in [-0.39, 0.29) is 0 Å². The molecule has 5 heteroatoms. The Labute approximate surface area is 240 Å². The maximum absolute atomic E-state index is 9.77. The number of nitrogens with zero attached hydrogens (tertiary/aromatic N) is 1. The van der Waals surface area contributed by atoms with Crippen LogP contribution in [0.4, 0.5) is 0 Å². The molecule has 8 rings (SSSR count). The van der Waals surface area contributed by atoms with Crippen molar-refractivity contribution < 1.29 is 14.0 Å². The molecule has 0 N–H and O–H groups in total. The molecule has 0 radical (unpaired) electrons. The normalized spacial score (nSPS) is 20.6. The molecule has 3 aliphatic rings. The van der Waals surface area contributed by atoms with Gasteiger partial charge in [0.2, 0.25) is 0 Å². The fourth-order valence-electron chi connectivity index (χ4n) is 6.85. The number of rotatable bonds is 1. The SMILES string of the molecule is CC1(C)OB(c2ccc3c(c2)Oc2cc(C#N)ccc2C32c3ccccc3-c3cc4ccccc4cc32)OC1(C)C. The maximum atomic E-state index is 9.77. The molecule has 1 aliphatic carbocycles. The zero-order valence-corrected chi connectivity index (χ0v) is 23.5. The predicted octanol–water partition coefficient (Wildman–Crippen LogP) is 7.48. The van der Waals surface area contributed by atoms with Gasteiger partial charge in [-0.3, -0.25) is 0 Å². The topological polar surface area (TPSA) is 51.5 Å². The minimum atomic E-state index is -0.610. The van der Waals surface area contributed by atoms with Crippen molar-refractivity contribution in [2.75, 3.05) is 0 Å². The summed E-state index contributed by atoms with van der Waals surface area (Å²) in [7, 11) is -0.510. The summed E-state index contributed by atoms with van der Waals surface area (Å²) in [4.78, 5) is 0. The number of fused-ring (bicyclic) bond motifs is 10. The lowest BCUT2D eigenvalue weighted by atomic mass is 9.65. The van der Waals surface area contributed by atoms with Crippen molar-refractivity contribution in [1.29, 1.82) is 5.26 Å². The van der Waals surface area contributed by atoms with Gasteiger partial charge in [0.15, 0.2) is 0 Å². The van der Waals surface area contributed by atoms with Gasteiger partial charge in [-0.2, -0.15) is 5.26 Å². The highest BCUT2D eigenvalue weighted by molar-refractivity contribution is 6.62. The minimum absolute atomic E-state index is 0.450. The van der Waals surface area contributed by atoms with Gasteiger partial charge in [0.25, 0.3) is 0 Å².